The number of benzene rings is 2. The molecular formula is C19H20O3. The van der Waals surface area contributed by atoms with Crippen molar-refractivity contribution < 1.29 is 14.6 Å². The smallest absolute Gasteiger partial charge is 0.131 e. The molecular weight excluding hydrogens is 276 g/mol. The zero-order valence-corrected chi connectivity index (χ0v) is 12.9. The Morgan fingerprint density at radius 1 is 1.05 bits per heavy atom. The Bertz CT molecular complexity index is 629. The molecule has 0 aliphatic rings. The van der Waals surface area contributed by atoms with E-state index < -0.39 is 0 Å². The fourth-order valence-electron chi connectivity index (χ4n) is 2.41. The molecule has 2 aromatic carbocycles. The molecule has 0 spiro atoms. The lowest BCUT2D eigenvalue weighted by Gasteiger charge is -2.20. The maximum atomic E-state index is 9.88. The maximum Gasteiger partial charge on any atom is 0.131 e. The van der Waals surface area contributed by atoms with E-state index in [0.717, 1.165) is 11.1 Å². The van der Waals surface area contributed by atoms with Gasteiger partial charge in [-0.25, -0.2) is 0 Å². The van der Waals surface area contributed by atoms with Gasteiger partial charge in [0.25, 0.3) is 0 Å². The molecule has 0 amide bonds. The van der Waals surface area contributed by atoms with E-state index in [0.29, 0.717) is 24.7 Å². The first-order valence-corrected chi connectivity index (χ1v) is 7.34. The Morgan fingerprint density at radius 2 is 1.59 bits per heavy atom. The molecule has 114 valence electrons. The predicted octanol–water partition coefficient (Wildman–Crippen LogP) is 3.95. The fraction of sp³-hybridized carbons (Fsp3) is 0.263. The van der Waals surface area contributed by atoms with Crippen molar-refractivity contribution in [1.82, 2.24) is 0 Å². The molecule has 0 aromatic heterocycles. The van der Waals surface area contributed by atoms with E-state index in [1.165, 1.54) is 0 Å². The summed E-state index contributed by atoms with van der Waals surface area (Å²) in [5.41, 5.74) is 1.76. The SMILES string of the molecule is C#CC(c1ccccc1)c1c(OCC)cc(O)cc1OCC. The molecule has 3 heteroatoms. The topological polar surface area (TPSA) is 38.7 Å². The van der Waals surface area contributed by atoms with Crippen LogP contribution in [0.25, 0.3) is 0 Å². The van der Waals surface area contributed by atoms with Gasteiger partial charge in [0.2, 0.25) is 0 Å². The van der Waals surface area contributed by atoms with E-state index in [1.54, 1.807) is 12.1 Å². The third kappa shape index (κ3) is 3.35. The summed E-state index contributed by atoms with van der Waals surface area (Å²) < 4.78 is 11.3. The van der Waals surface area contributed by atoms with Gasteiger partial charge in [0.15, 0.2) is 0 Å². The van der Waals surface area contributed by atoms with E-state index in [-0.39, 0.29) is 11.7 Å². The molecule has 0 heterocycles. The van der Waals surface area contributed by atoms with Crippen LogP contribution in [0.3, 0.4) is 0 Å². The lowest BCUT2D eigenvalue weighted by Crippen LogP contribution is -2.07. The standard InChI is InChI=1S/C19H20O3/c1-4-16(14-10-8-7-9-11-14)19-17(21-5-2)12-15(20)13-18(19)22-6-3/h1,7-13,16,20H,5-6H2,2-3H3. The average Bonchev–Trinajstić information content (AvgIpc) is 2.52. The molecule has 0 radical (unpaired) electrons. The summed E-state index contributed by atoms with van der Waals surface area (Å²) in [7, 11) is 0. The van der Waals surface area contributed by atoms with Crippen LogP contribution >= 0.6 is 0 Å². The molecule has 2 rings (SSSR count). The number of phenols is 1. The van der Waals surface area contributed by atoms with Gasteiger partial charge in [-0.05, 0) is 19.4 Å². The number of terminal acetylenes is 1. The molecule has 0 aliphatic heterocycles. The van der Waals surface area contributed by atoms with Crippen LogP contribution in [-0.2, 0) is 0 Å². The summed E-state index contributed by atoms with van der Waals surface area (Å²) in [6.07, 6.45) is 5.78. The second-order valence-electron chi connectivity index (χ2n) is 4.73. The molecule has 0 saturated carbocycles. The molecule has 0 bridgehead atoms. The normalized spacial score (nSPS) is 11.5. The van der Waals surface area contributed by atoms with Crippen LogP contribution in [0.1, 0.15) is 30.9 Å². The molecule has 1 N–H and O–H groups in total. The van der Waals surface area contributed by atoms with Crippen molar-refractivity contribution in [3.63, 3.8) is 0 Å². The van der Waals surface area contributed by atoms with Crippen molar-refractivity contribution >= 4 is 0 Å². The second-order valence-corrected chi connectivity index (χ2v) is 4.73. The lowest BCUT2D eigenvalue weighted by atomic mass is 9.90. The van der Waals surface area contributed by atoms with Crippen molar-refractivity contribution in [1.29, 1.82) is 0 Å². The van der Waals surface area contributed by atoms with Crippen LogP contribution < -0.4 is 9.47 Å². The van der Waals surface area contributed by atoms with E-state index in [4.69, 9.17) is 15.9 Å². The van der Waals surface area contributed by atoms with E-state index in [9.17, 15) is 5.11 Å². The number of hydrogen-bond acceptors (Lipinski definition) is 3. The summed E-state index contributed by atoms with van der Waals surface area (Å²) in [4.78, 5) is 0. The first kappa shape index (κ1) is 15.8. The number of phenolic OH excluding ortho intramolecular Hbond substituents is 1. The highest BCUT2D eigenvalue weighted by atomic mass is 16.5. The number of aromatic hydroxyl groups is 1. The molecule has 0 saturated heterocycles. The molecule has 22 heavy (non-hydrogen) atoms. The van der Waals surface area contributed by atoms with Crippen LogP contribution in [-0.4, -0.2) is 18.3 Å². The van der Waals surface area contributed by atoms with Gasteiger partial charge in [0, 0.05) is 12.1 Å². The molecule has 1 atom stereocenters. The van der Waals surface area contributed by atoms with Crippen molar-refractivity contribution in [2.45, 2.75) is 19.8 Å². The largest absolute Gasteiger partial charge is 0.508 e. The highest BCUT2D eigenvalue weighted by molar-refractivity contribution is 5.57. The summed E-state index contributed by atoms with van der Waals surface area (Å²) in [5, 5.41) is 9.88. The minimum Gasteiger partial charge on any atom is -0.508 e. The van der Waals surface area contributed by atoms with E-state index >= 15 is 0 Å². The Labute approximate surface area is 131 Å². The minimum absolute atomic E-state index is 0.0967. The van der Waals surface area contributed by atoms with Gasteiger partial charge in [0.1, 0.15) is 17.2 Å². The third-order valence-corrected chi connectivity index (χ3v) is 3.28. The van der Waals surface area contributed by atoms with Gasteiger partial charge in [-0.3, -0.25) is 0 Å². The van der Waals surface area contributed by atoms with Gasteiger partial charge in [-0.2, -0.15) is 0 Å². The fourth-order valence-corrected chi connectivity index (χ4v) is 2.41. The van der Waals surface area contributed by atoms with Crippen LogP contribution in [0.4, 0.5) is 0 Å². The maximum absolute atomic E-state index is 9.88. The third-order valence-electron chi connectivity index (χ3n) is 3.28. The van der Waals surface area contributed by atoms with Crippen molar-refractivity contribution in [3.8, 4) is 29.6 Å². The van der Waals surface area contributed by atoms with Crippen LogP contribution in [0, 0.1) is 12.3 Å². The Kier molecular flexibility index (Phi) is 5.32. The zero-order valence-electron chi connectivity index (χ0n) is 12.9. The minimum atomic E-state index is -0.301. The van der Waals surface area contributed by atoms with Crippen LogP contribution in [0.2, 0.25) is 0 Å². The van der Waals surface area contributed by atoms with Gasteiger partial charge >= 0.3 is 0 Å². The monoisotopic (exact) mass is 296 g/mol. The number of hydrogen-bond donors (Lipinski definition) is 1. The molecule has 1 unspecified atom stereocenters. The highest BCUT2D eigenvalue weighted by Crippen LogP contribution is 2.41. The molecule has 0 aliphatic carbocycles. The quantitative estimate of drug-likeness (QED) is 0.820. The van der Waals surface area contributed by atoms with Crippen LogP contribution in [0.5, 0.6) is 17.2 Å². The van der Waals surface area contributed by atoms with E-state index in [1.807, 2.05) is 44.2 Å². The Balaban J connectivity index is 2.62. The second kappa shape index (κ2) is 7.42. The number of ether oxygens (including phenoxy) is 2. The summed E-state index contributed by atoms with van der Waals surface area (Å²) in [5.74, 6) is 3.71. The summed E-state index contributed by atoms with van der Waals surface area (Å²) in [6.45, 7) is 4.74. The Hall–Kier alpha value is -2.60. The predicted molar refractivity (Wildman–Crippen MR) is 87.6 cm³/mol. The van der Waals surface area contributed by atoms with Crippen molar-refractivity contribution in [2.24, 2.45) is 0 Å². The first-order valence-electron chi connectivity index (χ1n) is 7.34. The van der Waals surface area contributed by atoms with Crippen molar-refractivity contribution in [3.05, 3.63) is 53.6 Å². The average molecular weight is 296 g/mol. The number of rotatable bonds is 6. The van der Waals surface area contributed by atoms with E-state index in [2.05, 4.69) is 5.92 Å². The van der Waals surface area contributed by atoms with Crippen molar-refractivity contribution in [2.75, 3.05) is 13.2 Å². The van der Waals surface area contributed by atoms with Gasteiger partial charge in [-0.1, -0.05) is 36.3 Å². The lowest BCUT2D eigenvalue weighted by molar-refractivity contribution is 0.312. The summed E-state index contributed by atoms with van der Waals surface area (Å²) >= 11 is 0. The zero-order chi connectivity index (χ0) is 15.9. The molecule has 2 aromatic rings. The van der Waals surface area contributed by atoms with Crippen LogP contribution in [0.15, 0.2) is 42.5 Å². The molecule has 0 fully saturated rings. The van der Waals surface area contributed by atoms with Gasteiger partial charge in [0.05, 0.1) is 24.7 Å². The van der Waals surface area contributed by atoms with Gasteiger partial charge in [-0.15, -0.1) is 6.42 Å². The van der Waals surface area contributed by atoms with Gasteiger partial charge < -0.3 is 14.6 Å². The summed E-state index contributed by atoms with van der Waals surface area (Å²) in [6, 6.07) is 12.9. The Morgan fingerprint density at radius 3 is 2.05 bits per heavy atom. The highest BCUT2D eigenvalue weighted by Gasteiger charge is 2.22. The first-order chi connectivity index (χ1) is 10.7. The molecule has 3 nitrogen and oxygen atoms in total.